The second kappa shape index (κ2) is 16.5. The molecule has 3 nitrogen and oxygen atoms in total. The number of thiophene rings is 1. The van der Waals surface area contributed by atoms with Gasteiger partial charge in [0.25, 0.3) is 0 Å². The van der Waals surface area contributed by atoms with Crippen molar-refractivity contribution in [3.05, 3.63) is 186 Å². The van der Waals surface area contributed by atoms with Crippen LogP contribution >= 0.6 is 11.3 Å². The van der Waals surface area contributed by atoms with Crippen molar-refractivity contribution >= 4 is 32.5 Å². The summed E-state index contributed by atoms with van der Waals surface area (Å²) in [7, 11) is 0. The van der Waals surface area contributed by atoms with Gasteiger partial charge in [-0.3, -0.25) is 16.3 Å². The van der Waals surface area contributed by atoms with Crippen LogP contribution in [0.4, 0.5) is 0 Å². The number of nitrogens with zero attached hydrogens (tertiary/aromatic N) is 3. The monoisotopic (exact) mass is 883 g/mol. The quantitative estimate of drug-likeness (QED) is 0.149. The average molecular weight is 883 g/mol. The van der Waals surface area contributed by atoms with Crippen molar-refractivity contribution in [3.63, 3.8) is 0 Å². The first-order valence-electron chi connectivity index (χ1n) is 19.0. The van der Waals surface area contributed by atoms with E-state index in [2.05, 4.69) is 149 Å². The molecule has 0 fully saturated rings. The van der Waals surface area contributed by atoms with E-state index in [4.69, 9.17) is 9.10 Å². The molecular formula is C48H37IrN3S-2. The van der Waals surface area contributed by atoms with Gasteiger partial charge in [-0.2, -0.15) is 0 Å². The van der Waals surface area contributed by atoms with E-state index in [0.29, 0.717) is 0 Å². The van der Waals surface area contributed by atoms with Gasteiger partial charge in [0.1, 0.15) is 0 Å². The zero-order chi connectivity index (χ0) is 37.8. The van der Waals surface area contributed by atoms with E-state index < -0.39 is 6.85 Å². The van der Waals surface area contributed by atoms with E-state index in [1.807, 2.05) is 18.2 Å². The summed E-state index contributed by atoms with van der Waals surface area (Å²) in [5.74, 6) is 0.927. The van der Waals surface area contributed by atoms with Crippen LogP contribution in [0, 0.1) is 18.3 Å². The van der Waals surface area contributed by atoms with Crippen LogP contribution in [0.25, 0.3) is 71.7 Å². The molecule has 6 aromatic carbocycles. The number of hydrogen-bond donors (Lipinski definition) is 0. The second-order valence-corrected chi connectivity index (χ2v) is 13.4. The average Bonchev–Trinajstić information content (AvgIpc) is 3.83. The first kappa shape index (κ1) is 32.2. The summed E-state index contributed by atoms with van der Waals surface area (Å²) in [5.41, 5.74) is 12.2. The largest absolute Gasteiger partial charge is 0.332 e. The van der Waals surface area contributed by atoms with Gasteiger partial charge in [-0.05, 0) is 47.8 Å². The smallest absolute Gasteiger partial charge is 0.0774 e. The van der Waals surface area contributed by atoms with E-state index in [1.54, 1.807) is 29.5 Å². The summed E-state index contributed by atoms with van der Waals surface area (Å²) in [6.45, 7) is 0.141. The summed E-state index contributed by atoms with van der Waals surface area (Å²) in [5, 5.41) is 4.87. The molecule has 1 radical (unpaired) electrons. The summed E-state index contributed by atoms with van der Waals surface area (Å²) < 4.78 is 25.3. The molecule has 0 unspecified atom stereocenters. The van der Waals surface area contributed by atoms with Gasteiger partial charge >= 0.3 is 0 Å². The number of para-hydroxylation sites is 3. The molecule has 0 atom stereocenters. The summed E-state index contributed by atoms with van der Waals surface area (Å²) in [6, 6.07) is 57.0. The van der Waals surface area contributed by atoms with Crippen LogP contribution in [-0.2, 0) is 26.5 Å². The summed E-state index contributed by atoms with van der Waals surface area (Å²) in [6.07, 6.45) is 3.58. The van der Waals surface area contributed by atoms with E-state index >= 15 is 0 Å². The fourth-order valence-corrected chi connectivity index (χ4v) is 7.46. The molecule has 9 aromatic rings. The minimum atomic E-state index is -2.09. The molecule has 0 aliphatic carbocycles. The number of benzene rings is 6. The van der Waals surface area contributed by atoms with Gasteiger partial charge in [-0.15, -0.1) is 47.3 Å². The predicted octanol–water partition coefficient (Wildman–Crippen LogP) is 12.8. The van der Waals surface area contributed by atoms with Crippen molar-refractivity contribution in [3.8, 4) is 50.6 Å². The van der Waals surface area contributed by atoms with Crippen molar-refractivity contribution < 1.29 is 24.2 Å². The third-order valence-electron chi connectivity index (χ3n) is 9.08. The van der Waals surface area contributed by atoms with E-state index in [9.17, 15) is 0 Å². The number of hydrogen-bond acceptors (Lipinski definition) is 3. The van der Waals surface area contributed by atoms with Gasteiger partial charge in [0.15, 0.2) is 0 Å². The Hall–Kier alpha value is -5.45. The standard InChI is InChI=1S/C36H27N2S.C12H10N.Ir/c1-2-12-25-21-22-34-30(23-25)31(24-39-34)36-37-32-19-9-10-20-33(32)38(36)35-28(26-13-5-3-6-14-26)17-11-18-29(35)27-15-7-4-8-16-27;1-10-7-8-12(13-9-10)11-5-3-2-4-6-11;/h3-11,13-23H,2,12H2,1H3;2-5,7-9H,1H3;/q2*-1;/i;1D3;. The van der Waals surface area contributed by atoms with Crippen LogP contribution < -0.4 is 0 Å². The topological polar surface area (TPSA) is 30.7 Å². The maximum Gasteiger partial charge on any atom is 0.0774 e. The molecule has 0 N–H and O–H groups in total. The normalized spacial score (nSPS) is 11.9. The molecule has 0 aliphatic heterocycles. The van der Waals surface area contributed by atoms with Gasteiger partial charge in [-0.25, -0.2) is 0 Å². The molecule has 261 valence electrons. The van der Waals surface area contributed by atoms with Crippen LogP contribution in [-0.4, -0.2) is 14.5 Å². The first-order valence-corrected chi connectivity index (χ1v) is 18.3. The van der Waals surface area contributed by atoms with E-state index in [-0.39, 0.29) is 25.7 Å². The molecule has 0 bridgehead atoms. The predicted molar refractivity (Wildman–Crippen MR) is 219 cm³/mol. The molecule has 0 spiro atoms. The Kier molecular flexibility index (Phi) is 10.0. The van der Waals surface area contributed by atoms with E-state index in [0.717, 1.165) is 52.2 Å². The van der Waals surface area contributed by atoms with Crippen LogP contribution in [0.2, 0.25) is 0 Å². The van der Waals surface area contributed by atoms with Crippen LogP contribution in [0.5, 0.6) is 0 Å². The van der Waals surface area contributed by atoms with Gasteiger partial charge in [-0.1, -0.05) is 150 Å². The van der Waals surface area contributed by atoms with Gasteiger partial charge in [0.05, 0.1) is 22.5 Å². The fourth-order valence-electron chi connectivity index (χ4n) is 6.64. The molecule has 53 heavy (non-hydrogen) atoms. The zero-order valence-corrected chi connectivity index (χ0v) is 32.3. The second-order valence-electron chi connectivity index (χ2n) is 12.6. The van der Waals surface area contributed by atoms with E-state index in [1.165, 1.54) is 44.1 Å². The van der Waals surface area contributed by atoms with Crippen molar-refractivity contribution in [2.24, 2.45) is 0 Å². The number of aryl methyl sites for hydroxylation is 2. The number of rotatable bonds is 7. The molecule has 9 rings (SSSR count). The van der Waals surface area contributed by atoms with Crippen molar-refractivity contribution in [2.45, 2.75) is 26.6 Å². The maximum atomic E-state index is 7.23. The Morgan fingerprint density at radius 1 is 0.736 bits per heavy atom. The van der Waals surface area contributed by atoms with Gasteiger partial charge in [0, 0.05) is 41.5 Å². The number of imidazole rings is 1. The Morgan fingerprint density at radius 2 is 1.45 bits per heavy atom. The minimum Gasteiger partial charge on any atom is -0.332 e. The maximum absolute atomic E-state index is 7.23. The summed E-state index contributed by atoms with van der Waals surface area (Å²) >= 11 is 1.67. The number of pyridine rings is 1. The zero-order valence-electron chi connectivity index (χ0n) is 32.1. The molecule has 0 amide bonds. The van der Waals surface area contributed by atoms with Crippen molar-refractivity contribution in [1.82, 2.24) is 14.5 Å². The van der Waals surface area contributed by atoms with Crippen LogP contribution in [0.15, 0.2) is 164 Å². The van der Waals surface area contributed by atoms with Crippen LogP contribution in [0.3, 0.4) is 0 Å². The van der Waals surface area contributed by atoms with Gasteiger partial charge in [0.2, 0.25) is 0 Å². The molecule has 5 heteroatoms. The molecule has 0 saturated heterocycles. The summed E-state index contributed by atoms with van der Waals surface area (Å²) in [4.78, 5) is 9.39. The Morgan fingerprint density at radius 3 is 2.11 bits per heavy atom. The molecule has 0 aliphatic rings. The van der Waals surface area contributed by atoms with Crippen LogP contribution in [0.1, 0.15) is 28.6 Å². The van der Waals surface area contributed by atoms with Crippen molar-refractivity contribution in [2.75, 3.05) is 0 Å². The Labute approximate surface area is 333 Å². The fraction of sp³-hybridized carbons (Fsp3) is 0.0833. The minimum absolute atomic E-state index is 0. The van der Waals surface area contributed by atoms with Gasteiger partial charge < -0.3 is 9.55 Å². The third-order valence-corrected chi connectivity index (χ3v) is 9.96. The molecule has 3 heterocycles. The molecule has 3 aromatic heterocycles. The van der Waals surface area contributed by atoms with Crippen molar-refractivity contribution in [1.29, 1.82) is 0 Å². The number of aromatic nitrogens is 3. The molecular weight excluding hydrogens is 843 g/mol. The third kappa shape index (κ3) is 7.56. The number of fused-ring (bicyclic) bond motifs is 2. The Bertz CT molecular complexity index is 2630. The molecule has 0 saturated carbocycles. The Balaban J connectivity index is 0.000000238. The SMILES string of the molecule is CCCc1ccc2s[c-]c(-c3nc4ccccc4n3-c3c(-c4ccccc4)cccc3-c3ccccc3)c2c1.[2H]C([2H])([2H])c1ccc(-c2[c-]cccc2)nc1.[Ir]. The first-order chi connectivity index (χ1) is 26.9.